The third-order valence-electron chi connectivity index (χ3n) is 2.00. The molecule has 0 atom stereocenters. The molecule has 1 aliphatic rings. The molecule has 0 unspecified atom stereocenters. The molecule has 0 bridgehead atoms. The van der Waals surface area contributed by atoms with Gasteiger partial charge in [-0.15, -0.1) is 0 Å². The molecular formula is C8H17NO2. The monoisotopic (exact) mass is 159 g/mol. The van der Waals surface area contributed by atoms with E-state index in [-0.39, 0.29) is 6.10 Å². The molecule has 0 aliphatic heterocycles. The Morgan fingerprint density at radius 3 is 2.82 bits per heavy atom. The topological polar surface area (TPSA) is 41.5 Å². The fraction of sp³-hybridized carbons (Fsp3) is 1.00. The zero-order valence-corrected chi connectivity index (χ0v) is 7.05. The van der Waals surface area contributed by atoms with Crippen molar-refractivity contribution in [2.24, 2.45) is 0 Å². The lowest BCUT2D eigenvalue weighted by Gasteiger charge is -2.32. The van der Waals surface area contributed by atoms with Crippen LogP contribution in [0.4, 0.5) is 0 Å². The third-order valence-corrected chi connectivity index (χ3v) is 2.00. The summed E-state index contributed by atoms with van der Waals surface area (Å²) >= 11 is 0. The van der Waals surface area contributed by atoms with Crippen molar-refractivity contribution in [2.75, 3.05) is 19.8 Å². The van der Waals surface area contributed by atoms with Crippen molar-refractivity contribution in [1.82, 2.24) is 5.32 Å². The van der Waals surface area contributed by atoms with E-state index in [2.05, 4.69) is 5.32 Å². The summed E-state index contributed by atoms with van der Waals surface area (Å²) in [5.41, 5.74) is 0. The molecule has 2 N–H and O–H groups in total. The van der Waals surface area contributed by atoms with Crippen LogP contribution in [0.3, 0.4) is 0 Å². The van der Waals surface area contributed by atoms with E-state index in [0.29, 0.717) is 6.04 Å². The molecule has 11 heavy (non-hydrogen) atoms. The largest absolute Gasteiger partial charge is 0.393 e. The van der Waals surface area contributed by atoms with Crippen molar-refractivity contribution in [3.63, 3.8) is 0 Å². The van der Waals surface area contributed by atoms with Crippen LogP contribution in [0, 0.1) is 0 Å². The molecule has 0 radical (unpaired) electrons. The van der Waals surface area contributed by atoms with Gasteiger partial charge in [0.1, 0.15) is 0 Å². The highest BCUT2D eigenvalue weighted by molar-refractivity contribution is 4.84. The second kappa shape index (κ2) is 4.70. The molecule has 1 rings (SSSR count). The summed E-state index contributed by atoms with van der Waals surface area (Å²) in [6.07, 6.45) is 1.76. The first-order valence-corrected chi connectivity index (χ1v) is 4.32. The Balaban J connectivity index is 1.81. The van der Waals surface area contributed by atoms with Gasteiger partial charge in [-0.3, -0.25) is 0 Å². The lowest BCUT2D eigenvalue weighted by atomic mass is 9.90. The molecule has 0 aromatic carbocycles. The molecule has 0 aromatic heterocycles. The SMILES string of the molecule is CCOCCNC1CC(O)C1. The Bertz CT molecular complexity index is 102. The molecule has 1 saturated carbocycles. The first-order chi connectivity index (χ1) is 5.33. The van der Waals surface area contributed by atoms with E-state index in [0.717, 1.165) is 32.6 Å². The number of ether oxygens (including phenoxy) is 1. The summed E-state index contributed by atoms with van der Waals surface area (Å²) in [4.78, 5) is 0. The first-order valence-electron chi connectivity index (χ1n) is 4.32. The van der Waals surface area contributed by atoms with E-state index >= 15 is 0 Å². The highest BCUT2D eigenvalue weighted by Crippen LogP contribution is 2.18. The van der Waals surface area contributed by atoms with E-state index in [9.17, 15) is 0 Å². The zero-order valence-electron chi connectivity index (χ0n) is 7.05. The van der Waals surface area contributed by atoms with Crippen LogP contribution in [0.1, 0.15) is 19.8 Å². The minimum Gasteiger partial charge on any atom is -0.393 e. The van der Waals surface area contributed by atoms with Gasteiger partial charge in [-0.25, -0.2) is 0 Å². The summed E-state index contributed by atoms with van der Waals surface area (Å²) in [5.74, 6) is 0. The number of rotatable bonds is 5. The summed E-state index contributed by atoms with van der Waals surface area (Å²) in [7, 11) is 0. The maximum atomic E-state index is 8.95. The number of nitrogens with one attached hydrogen (secondary N) is 1. The minimum atomic E-state index is -0.0559. The van der Waals surface area contributed by atoms with E-state index in [1.165, 1.54) is 0 Å². The molecule has 1 fully saturated rings. The molecular weight excluding hydrogens is 142 g/mol. The number of hydrogen-bond donors (Lipinski definition) is 2. The fourth-order valence-electron chi connectivity index (χ4n) is 1.23. The van der Waals surface area contributed by atoms with Crippen LogP contribution >= 0.6 is 0 Å². The molecule has 0 spiro atoms. The average Bonchev–Trinajstić information content (AvgIpc) is 1.94. The highest BCUT2D eigenvalue weighted by Gasteiger charge is 2.25. The predicted octanol–water partition coefficient (Wildman–Crippen LogP) is 0.136. The molecule has 0 saturated heterocycles. The molecule has 3 heteroatoms. The van der Waals surface area contributed by atoms with Gasteiger partial charge >= 0.3 is 0 Å². The second-order valence-corrected chi connectivity index (χ2v) is 2.97. The average molecular weight is 159 g/mol. The van der Waals surface area contributed by atoms with Gasteiger partial charge in [0.05, 0.1) is 12.7 Å². The molecule has 1 aliphatic carbocycles. The van der Waals surface area contributed by atoms with Crippen molar-refractivity contribution in [1.29, 1.82) is 0 Å². The van der Waals surface area contributed by atoms with Crippen LogP contribution in [-0.2, 0) is 4.74 Å². The Kier molecular flexibility index (Phi) is 3.83. The lowest BCUT2D eigenvalue weighted by molar-refractivity contribution is 0.0572. The Morgan fingerprint density at radius 2 is 2.27 bits per heavy atom. The first kappa shape index (κ1) is 8.97. The van der Waals surface area contributed by atoms with Crippen LogP contribution in [0.15, 0.2) is 0 Å². The molecule has 0 aromatic rings. The maximum Gasteiger partial charge on any atom is 0.0590 e. The maximum absolute atomic E-state index is 8.95. The van der Waals surface area contributed by atoms with Crippen LogP contribution in [0.25, 0.3) is 0 Å². The summed E-state index contributed by atoms with van der Waals surface area (Å²) in [5, 5.41) is 12.2. The van der Waals surface area contributed by atoms with E-state index in [1.54, 1.807) is 0 Å². The zero-order chi connectivity index (χ0) is 8.10. The van der Waals surface area contributed by atoms with Gasteiger partial charge < -0.3 is 15.2 Å². The van der Waals surface area contributed by atoms with E-state index < -0.39 is 0 Å². The molecule has 0 heterocycles. The summed E-state index contributed by atoms with van der Waals surface area (Å²) in [6.45, 7) is 4.47. The molecule has 3 nitrogen and oxygen atoms in total. The van der Waals surface area contributed by atoms with E-state index in [4.69, 9.17) is 9.84 Å². The number of aliphatic hydroxyl groups excluding tert-OH is 1. The molecule has 66 valence electrons. The third kappa shape index (κ3) is 3.18. The Hall–Kier alpha value is -0.120. The van der Waals surface area contributed by atoms with Crippen LogP contribution in [0.2, 0.25) is 0 Å². The molecule has 0 amide bonds. The van der Waals surface area contributed by atoms with Crippen LogP contribution in [-0.4, -0.2) is 37.0 Å². The van der Waals surface area contributed by atoms with Crippen molar-refractivity contribution in [2.45, 2.75) is 31.9 Å². The summed E-state index contributed by atoms with van der Waals surface area (Å²) < 4.78 is 5.15. The predicted molar refractivity (Wildman–Crippen MR) is 43.5 cm³/mol. The Labute approximate surface area is 67.7 Å². The van der Waals surface area contributed by atoms with Gasteiger partial charge in [0.2, 0.25) is 0 Å². The number of hydrogen-bond acceptors (Lipinski definition) is 3. The smallest absolute Gasteiger partial charge is 0.0590 e. The van der Waals surface area contributed by atoms with E-state index in [1.807, 2.05) is 6.92 Å². The lowest BCUT2D eigenvalue weighted by Crippen LogP contribution is -2.45. The highest BCUT2D eigenvalue weighted by atomic mass is 16.5. The van der Waals surface area contributed by atoms with Crippen molar-refractivity contribution < 1.29 is 9.84 Å². The second-order valence-electron chi connectivity index (χ2n) is 2.97. The van der Waals surface area contributed by atoms with Crippen molar-refractivity contribution >= 4 is 0 Å². The van der Waals surface area contributed by atoms with Gasteiger partial charge in [0.25, 0.3) is 0 Å². The van der Waals surface area contributed by atoms with Crippen LogP contribution in [0.5, 0.6) is 0 Å². The minimum absolute atomic E-state index is 0.0559. The van der Waals surface area contributed by atoms with Gasteiger partial charge in [0, 0.05) is 19.2 Å². The fourth-order valence-corrected chi connectivity index (χ4v) is 1.23. The summed E-state index contributed by atoms with van der Waals surface area (Å²) in [6, 6.07) is 0.533. The van der Waals surface area contributed by atoms with Gasteiger partial charge in [-0.1, -0.05) is 0 Å². The quantitative estimate of drug-likeness (QED) is 0.560. The van der Waals surface area contributed by atoms with Gasteiger partial charge in [0.15, 0.2) is 0 Å². The van der Waals surface area contributed by atoms with Gasteiger partial charge in [-0.2, -0.15) is 0 Å². The van der Waals surface area contributed by atoms with Crippen molar-refractivity contribution in [3.05, 3.63) is 0 Å². The normalized spacial score (nSPS) is 30.0. The standard InChI is InChI=1S/C8H17NO2/c1-2-11-4-3-9-7-5-8(10)6-7/h7-10H,2-6H2,1H3. The Morgan fingerprint density at radius 1 is 1.55 bits per heavy atom. The van der Waals surface area contributed by atoms with Crippen molar-refractivity contribution in [3.8, 4) is 0 Å². The number of aliphatic hydroxyl groups is 1. The van der Waals surface area contributed by atoms with Crippen LogP contribution < -0.4 is 5.32 Å². The van der Waals surface area contributed by atoms with Gasteiger partial charge in [-0.05, 0) is 19.8 Å².